The molecule has 1 aliphatic heterocycles. The Morgan fingerprint density at radius 2 is 1.92 bits per heavy atom. The molecule has 1 unspecified atom stereocenters. The summed E-state index contributed by atoms with van der Waals surface area (Å²) in [5.41, 5.74) is 1.58. The van der Waals surface area contributed by atoms with Gasteiger partial charge in [0.05, 0.1) is 14.2 Å². The van der Waals surface area contributed by atoms with E-state index in [1.54, 1.807) is 50.2 Å². The average molecular weight is 364 g/mol. The number of rotatable bonds is 4. The average Bonchev–Trinajstić information content (AvgIpc) is 3.10. The van der Waals surface area contributed by atoms with Gasteiger partial charge in [0.2, 0.25) is 0 Å². The fourth-order valence-electron chi connectivity index (χ4n) is 2.73. The molecule has 1 atom stereocenters. The van der Waals surface area contributed by atoms with Gasteiger partial charge < -0.3 is 14.4 Å². The maximum absolute atomic E-state index is 12.9. The first-order chi connectivity index (χ1) is 11.6. The number of hydrogen-bond donors (Lipinski definition) is 0. The van der Waals surface area contributed by atoms with Gasteiger partial charge in [-0.25, -0.2) is 0 Å². The van der Waals surface area contributed by atoms with Gasteiger partial charge in [0.25, 0.3) is 5.91 Å². The Kier molecular flexibility index (Phi) is 5.21. The summed E-state index contributed by atoms with van der Waals surface area (Å²) in [5, 5.41) is 0.520. The number of ether oxygens (including phenoxy) is 2. The van der Waals surface area contributed by atoms with Crippen LogP contribution in [0.2, 0.25) is 5.02 Å². The van der Waals surface area contributed by atoms with E-state index in [2.05, 4.69) is 0 Å². The monoisotopic (exact) mass is 363 g/mol. The highest BCUT2D eigenvalue weighted by atomic mass is 35.5. The van der Waals surface area contributed by atoms with Crippen LogP contribution in [0.5, 0.6) is 11.5 Å². The Morgan fingerprint density at radius 3 is 2.58 bits per heavy atom. The van der Waals surface area contributed by atoms with Gasteiger partial charge in [-0.05, 0) is 42.5 Å². The molecule has 0 aromatic heterocycles. The lowest BCUT2D eigenvalue weighted by Crippen LogP contribution is -2.30. The molecular formula is C18H18ClNO3S. The third kappa shape index (κ3) is 3.32. The summed E-state index contributed by atoms with van der Waals surface area (Å²) in [6.45, 7) is 0.692. The van der Waals surface area contributed by atoms with Gasteiger partial charge in [0, 0.05) is 28.4 Å². The Labute approximate surface area is 150 Å². The van der Waals surface area contributed by atoms with Gasteiger partial charge in [0.1, 0.15) is 16.9 Å². The number of thioether (sulfide) groups is 1. The molecule has 0 bridgehead atoms. The summed E-state index contributed by atoms with van der Waals surface area (Å²) in [6.07, 6.45) is 0. The molecule has 0 radical (unpaired) electrons. The Bertz CT molecular complexity index is 736. The van der Waals surface area contributed by atoms with Crippen LogP contribution in [0.25, 0.3) is 0 Å². The number of benzene rings is 2. The number of nitrogens with zero attached hydrogens (tertiary/aromatic N) is 1. The van der Waals surface area contributed by atoms with Crippen LogP contribution in [-0.4, -0.2) is 37.3 Å². The minimum atomic E-state index is -0.0989. The van der Waals surface area contributed by atoms with Crippen molar-refractivity contribution in [2.24, 2.45) is 0 Å². The summed E-state index contributed by atoms with van der Waals surface area (Å²) in [5.74, 6) is 2.37. The van der Waals surface area contributed by atoms with Crippen LogP contribution in [-0.2, 0) is 0 Å². The predicted octanol–water partition coefficient (Wildman–Crippen LogP) is 4.25. The number of halogens is 1. The number of amides is 1. The van der Waals surface area contributed by atoms with Crippen LogP contribution < -0.4 is 9.47 Å². The molecule has 1 aliphatic rings. The summed E-state index contributed by atoms with van der Waals surface area (Å²) in [7, 11) is 3.26. The maximum Gasteiger partial charge on any atom is 0.255 e. The van der Waals surface area contributed by atoms with Gasteiger partial charge in [-0.2, -0.15) is 0 Å². The van der Waals surface area contributed by atoms with Gasteiger partial charge in [-0.15, -0.1) is 11.8 Å². The normalized spacial score (nSPS) is 17.0. The second-order valence-corrected chi connectivity index (χ2v) is 6.96. The maximum atomic E-state index is 12.9. The Hall–Kier alpha value is -1.85. The molecule has 24 heavy (non-hydrogen) atoms. The highest BCUT2D eigenvalue weighted by Gasteiger charge is 2.33. The summed E-state index contributed by atoms with van der Waals surface area (Å²) >= 11 is 7.64. The van der Waals surface area contributed by atoms with E-state index >= 15 is 0 Å². The zero-order valence-corrected chi connectivity index (χ0v) is 15.1. The Balaban J connectivity index is 1.93. The molecular weight excluding hydrogens is 346 g/mol. The lowest BCUT2D eigenvalue weighted by Gasteiger charge is -2.26. The van der Waals surface area contributed by atoms with Gasteiger partial charge in [0.15, 0.2) is 0 Å². The van der Waals surface area contributed by atoms with Crippen molar-refractivity contribution < 1.29 is 14.3 Å². The number of hydrogen-bond acceptors (Lipinski definition) is 4. The molecule has 0 spiro atoms. The zero-order chi connectivity index (χ0) is 17.1. The quantitative estimate of drug-likeness (QED) is 0.814. The highest BCUT2D eigenvalue weighted by molar-refractivity contribution is 7.99. The zero-order valence-electron chi connectivity index (χ0n) is 13.5. The van der Waals surface area contributed by atoms with Crippen molar-refractivity contribution in [3.05, 3.63) is 58.6 Å². The highest BCUT2D eigenvalue weighted by Crippen LogP contribution is 2.43. The van der Waals surface area contributed by atoms with Crippen LogP contribution in [0.1, 0.15) is 21.3 Å². The van der Waals surface area contributed by atoms with E-state index in [0.717, 1.165) is 22.8 Å². The molecule has 0 saturated carbocycles. The molecule has 6 heteroatoms. The molecule has 0 aliphatic carbocycles. The molecule has 3 rings (SSSR count). The van der Waals surface area contributed by atoms with E-state index in [9.17, 15) is 4.79 Å². The van der Waals surface area contributed by atoms with Crippen molar-refractivity contribution in [3.63, 3.8) is 0 Å². The molecule has 1 saturated heterocycles. The van der Waals surface area contributed by atoms with Crippen molar-refractivity contribution in [2.75, 3.05) is 26.5 Å². The van der Waals surface area contributed by atoms with Crippen molar-refractivity contribution >= 4 is 29.3 Å². The lowest BCUT2D eigenvalue weighted by molar-refractivity contribution is 0.0759. The summed E-state index contributed by atoms with van der Waals surface area (Å²) in [4.78, 5) is 14.8. The molecule has 126 valence electrons. The standard InChI is InChI=1S/C18H18ClNO3S/c1-22-14-7-8-16(23-2)15(11-14)18-20(9-10-24-18)17(21)12-3-5-13(19)6-4-12/h3-8,11,18H,9-10H2,1-2H3. The van der Waals surface area contributed by atoms with E-state index in [1.165, 1.54) is 0 Å². The Morgan fingerprint density at radius 1 is 1.17 bits per heavy atom. The van der Waals surface area contributed by atoms with Gasteiger partial charge in [-0.3, -0.25) is 4.79 Å². The van der Waals surface area contributed by atoms with E-state index in [-0.39, 0.29) is 11.3 Å². The second kappa shape index (κ2) is 7.36. The minimum Gasteiger partial charge on any atom is -0.497 e. The lowest BCUT2D eigenvalue weighted by atomic mass is 10.1. The van der Waals surface area contributed by atoms with Crippen LogP contribution in [0.3, 0.4) is 0 Å². The molecule has 1 fully saturated rings. The largest absolute Gasteiger partial charge is 0.497 e. The number of methoxy groups -OCH3 is 2. The van der Waals surface area contributed by atoms with Crippen molar-refractivity contribution in [1.29, 1.82) is 0 Å². The summed E-state index contributed by atoms with van der Waals surface area (Å²) in [6, 6.07) is 12.6. The van der Waals surface area contributed by atoms with Crippen molar-refractivity contribution in [1.82, 2.24) is 4.90 Å². The van der Waals surface area contributed by atoms with E-state index < -0.39 is 0 Å². The van der Waals surface area contributed by atoms with Gasteiger partial charge >= 0.3 is 0 Å². The van der Waals surface area contributed by atoms with E-state index in [4.69, 9.17) is 21.1 Å². The molecule has 1 amide bonds. The first kappa shape index (κ1) is 17.0. The number of carbonyl (C=O) groups is 1. The third-order valence-electron chi connectivity index (χ3n) is 3.95. The van der Waals surface area contributed by atoms with Crippen LogP contribution in [0.15, 0.2) is 42.5 Å². The fourth-order valence-corrected chi connectivity index (χ4v) is 4.12. The molecule has 2 aromatic carbocycles. The molecule has 0 N–H and O–H groups in total. The van der Waals surface area contributed by atoms with Crippen LogP contribution >= 0.6 is 23.4 Å². The van der Waals surface area contributed by atoms with Crippen molar-refractivity contribution in [3.8, 4) is 11.5 Å². The first-order valence-electron chi connectivity index (χ1n) is 7.54. The third-order valence-corrected chi connectivity index (χ3v) is 5.44. The minimum absolute atomic E-state index is 0.00783. The first-order valence-corrected chi connectivity index (χ1v) is 8.97. The van der Waals surface area contributed by atoms with Crippen LogP contribution in [0, 0.1) is 0 Å². The van der Waals surface area contributed by atoms with E-state index in [1.807, 2.05) is 23.1 Å². The summed E-state index contributed by atoms with van der Waals surface area (Å²) < 4.78 is 10.8. The topological polar surface area (TPSA) is 38.8 Å². The smallest absolute Gasteiger partial charge is 0.255 e. The predicted molar refractivity (Wildman–Crippen MR) is 97.2 cm³/mol. The fraction of sp³-hybridized carbons (Fsp3) is 0.278. The van der Waals surface area contributed by atoms with Gasteiger partial charge in [-0.1, -0.05) is 11.6 Å². The molecule has 1 heterocycles. The SMILES string of the molecule is COc1ccc(OC)c(C2SCCN2C(=O)c2ccc(Cl)cc2)c1. The van der Waals surface area contributed by atoms with E-state index in [0.29, 0.717) is 17.1 Å². The molecule has 2 aromatic rings. The molecule has 4 nitrogen and oxygen atoms in total. The second-order valence-electron chi connectivity index (χ2n) is 5.34. The van der Waals surface area contributed by atoms with Crippen LogP contribution in [0.4, 0.5) is 0 Å². The number of carbonyl (C=O) groups excluding carboxylic acids is 1. The van der Waals surface area contributed by atoms with Crippen molar-refractivity contribution in [2.45, 2.75) is 5.37 Å².